The Balaban J connectivity index is 1.32. The molecule has 1 N–H and O–H groups in total. The summed E-state index contributed by atoms with van der Waals surface area (Å²) in [5, 5.41) is 16.2. The molecule has 1 aliphatic heterocycles. The van der Waals surface area contributed by atoms with Crippen LogP contribution in [0.25, 0.3) is 0 Å². The summed E-state index contributed by atoms with van der Waals surface area (Å²) in [4.78, 5) is 6.62. The number of ether oxygens (including phenoxy) is 1. The average molecular weight is 496 g/mol. The van der Waals surface area contributed by atoms with E-state index in [-0.39, 0.29) is 18.0 Å². The summed E-state index contributed by atoms with van der Waals surface area (Å²) < 4.78 is 33.0. The van der Waals surface area contributed by atoms with Gasteiger partial charge in [-0.2, -0.15) is 10.1 Å². The van der Waals surface area contributed by atoms with Crippen molar-refractivity contribution in [1.29, 1.82) is 0 Å². The quantitative estimate of drug-likeness (QED) is 0.505. The number of anilines is 2. The molecule has 33 heavy (non-hydrogen) atoms. The van der Waals surface area contributed by atoms with Crippen molar-refractivity contribution >= 4 is 34.8 Å². The molecule has 5 rings (SSSR count). The number of hydrogen-bond donors (Lipinski definition) is 1. The minimum absolute atomic E-state index is 0.0117. The first-order chi connectivity index (χ1) is 15.9. The molecule has 2 aliphatic rings. The Morgan fingerprint density at radius 2 is 1.94 bits per heavy atom. The first-order valence-electron chi connectivity index (χ1n) is 10.6. The molecule has 174 valence electrons. The van der Waals surface area contributed by atoms with Crippen molar-refractivity contribution in [3.05, 3.63) is 46.7 Å². The summed E-state index contributed by atoms with van der Waals surface area (Å²) in [5.74, 6) is 1.36. The SMILES string of the molecule is FC(F)Cn1nc(NC2[C@@H]3CC[C@H]2CN(c2cnnc(Cl)c2)C3)nc1Oc1cccc(Cl)c1. The van der Waals surface area contributed by atoms with E-state index in [0.29, 0.717) is 27.8 Å². The van der Waals surface area contributed by atoms with Crippen molar-refractivity contribution in [2.45, 2.75) is 31.9 Å². The first kappa shape index (κ1) is 22.1. The van der Waals surface area contributed by atoms with E-state index in [1.54, 1.807) is 30.5 Å². The van der Waals surface area contributed by atoms with Gasteiger partial charge < -0.3 is 15.0 Å². The fourth-order valence-electron chi connectivity index (χ4n) is 4.67. The Bertz CT molecular complexity index is 1120. The molecule has 3 aromatic rings. The standard InChI is InChI=1S/C21H21Cl2F2N7O/c22-14-2-1-3-16(6-14)33-21-28-20(30-32(21)11-18(24)25)27-19-12-4-5-13(19)10-31(9-12)15-7-17(23)29-26-8-15/h1-3,6-8,12-13,18-19H,4-5,9-11H2,(H,27,30)/t12-,13+,19?. The van der Waals surface area contributed by atoms with Gasteiger partial charge in [-0.3, -0.25) is 0 Å². The number of aromatic nitrogens is 5. The lowest BCUT2D eigenvalue weighted by Gasteiger charge is -2.39. The predicted molar refractivity (Wildman–Crippen MR) is 120 cm³/mol. The van der Waals surface area contributed by atoms with Gasteiger partial charge in [0, 0.05) is 30.2 Å². The second-order valence-corrected chi connectivity index (χ2v) is 9.08. The van der Waals surface area contributed by atoms with E-state index in [1.807, 2.05) is 6.07 Å². The molecule has 2 fully saturated rings. The molecule has 1 saturated carbocycles. The monoisotopic (exact) mass is 495 g/mol. The summed E-state index contributed by atoms with van der Waals surface area (Å²) >= 11 is 12.0. The summed E-state index contributed by atoms with van der Waals surface area (Å²) in [5.41, 5.74) is 0.946. The summed E-state index contributed by atoms with van der Waals surface area (Å²) in [6.07, 6.45) is 1.22. The van der Waals surface area contributed by atoms with Crippen LogP contribution in [0.5, 0.6) is 11.8 Å². The minimum Gasteiger partial charge on any atom is -0.424 e. The van der Waals surface area contributed by atoms with E-state index in [9.17, 15) is 8.78 Å². The molecular weight excluding hydrogens is 475 g/mol. The maximum atomic E-state index is 13.1. The maximum absolute atomic E-state index is 13.1. The number of benzene rings is 1. The Morgan fingerprint density at radius 1 is 1.15 bits per heavy atom. The van der Waals surface area contributed by atoms with Gasteiger partial charge >= 0.3 is 6.01 Å². The third kappa shape index (κ3) is 4.96. The molecule has 1 unspecified atom stereocenters. The molecule has 2 bridgehead atoms. The number of rotatable bonds is 7. The fraction of sp³-hybridized carbons (Fsp3) is 0.429. The fourth-order valence-corrected chi connectivity index (χ4v) is 5.01. The largest absolute Gasteiger partial charge is 0.424 e. The van der Waals surface area contributed by atoms with Crippen LogP contribution < -0.4 is 15.0 Å². The molecule has 1 saturated heterocycles. The van der Waals surface area contributed by atoms with Crippen LogP contribution in [0.15, 0.2) is 36.5 Å². The molecule has 0 spiro atoms. The van der Waals surface area contributed by atoms with Crippen LogP contribution in [-0.4, -0.2) is 50.5 Å². The first-order valence-corrected chi connectivity index (χ1v) is 11.4. The highest BCUT2D eigenvalue weighted by Crippen LogP contribution is 2.40. The van der Waals surface area contributed by atoms with Crippen molar-refractivity contribution in [3.63, 3.8) is 0 Å². The lowest BCUT2D eigenvalue weighted by atomic mass is 9.92. The highest BCUT2D eigenvalue weighted by Gasteiger charge is 2.42. The molecule has 1 aliphatic carbocycles. The Hall–Kier alpha value is -2.72. The molecule has 8 nitrogen and oxygen atoms in total. The minimum atomic E-state index is -2.60. The number of fused-ring (bicyclic) bond motifs is 2. The highest BCUT2D eigenvalue weighted by molar-refractivity contribution is 6.30. The van der Waals surface area contributed by atoms with E-state index in [0.717, 1.165) is 36.3 Å². The zero-order valence-electron chi connectivity index (χ0n) is 17.4. The van der Waals surface area contributed by atoms with Crippen molar-refractivity contribution in [1.82, 2.24) is 25.0 Å². The van der Waals surface area contributed by atoms with Crippen LogP contribution in [0, 0.1) is 11.8 Å². The molecule has 2 aromatic heterocycles. The van der Waals surface area contributed by atoms with Crippen LogP contribution in [0.1, 0.15) is 12.8 Å². The second kappa shape index (κ2) is 9.26. The van der Waals surface area contributed by atoms with Crippen molar-refractivity contribution in [3.8, 4) is 11.8 Å². The number of hydrogen-bond acceptors (Lipinski definition) is 7. The smallest absolute Gasteiger partial charge is 0.322 e. The van der Waals surface area contributed by atoms with Crippen molar-refractivity contribution in [2.24, 2.45) is 11.8 Å². The number of alkyl halides is 2. The van der Waals surface area contributed by atoms with Crippen molar-refractivity contribution in [2.75, 3.05) is 23.3 Å². The number of nitrogens with one attached hydrogen (secondary N) is 1. The highest BCUT2D eigenvalue weighted by atomic mass is 35.5. The zero-order valence-corrected chi connectivity index (χ0v) is 18.9. The van der Waals surface area contributed by atoms with E-state index >= 15 is 0 Å². The van der Waals surface area contributed by atoms with E-state index < -0.39 is 13.0 Å². The van der Waals surface area contributed by atoms with Gasteiger partial charge in [0.05, 0.1) is 11.9 Å². The zero-order chi connectivity index (χ0) is 22.9. The Morgan fingerprint density at radius 3 is 2.64 bits per heavy atom. The van der Waals surface area contributed by atoms with E-state index in [4.69, 9.17) is 27.9 Å². The van der Waals surface area contributed by atoms with Gasteiger partial charge in [-0.15, -0.1) is 10.2 Å². The normalized spacial score (nSPS) is 22.1. The van der Waals surface area contributed by atoms with Crippen LogP contribution in [0.2, 0.25) is 10.2 Å². The number of halogens is 4. The van der Waals surface area contributed by atoms with Crippen LogP contribution in [0.3, 0.4) is 0 Å². The molecule has 3 heterocycles. The Kier molecular flexibility index (Phi) is 6.20. The summed E-state index contributed by atoms with van der Waals surface area (Å²) in [7, 11) is 0. The van der Waals surface area contributed by atoms with Crippen LogP contribution in [-0.2, 0) is 6.54 Å². The maximum Gasteiger partial charge on any atom is 0.322 e. The van der Waals surface area contributed by atoms with Gasteiger partial charge in [-0.1, -0.05) is 29.3 Å². The molecule has 3 atom stereocenters. The van der Waals surface area contributed by atoms with Crippen LogP contribution >= 0.6 is 23.2 Å². The van der Waals surface area contributed by atoms with E-state index in [1.165, 1.54) is 0 Å². The topological polar surface area (TPSA) is 81.0 Å². The van der Waals surface area contributed by atoms with Gasteiger partial charge in [0.2, 0.25) is 5.95 Å². The summed E-state index contributed by atoms with van der Waals surface area (Å²) in [6.45, 7) is 1.02. The van der Waals surface area contributed by atoms with Crippen LogP contribution in [0.4, 0.5) is 20.4 Å². The number of piperidine rings is 1. The number of nitrogens with zero attached hydrogens (tertiary/aromatic N) is 6. The average Bonchev–Trinajstić information content (AvgIpc) is 3.22. The molecule has 1 aromatic carbocycles. The third-order valence-corrected chi connectivity index (χ3v) is 6.48. The molecular formula is C21H21Cl2F2N7O. The van der Waals surface area contributed by atoms with Crippen molar-refractivity contribution < 1.29 is 13.5 Å². The lowest BCUT2D eigenvalue weighted by molar-refractivity contribution is 0.118. The predicted octanol–water partition coefficient (Wildman–Crippen LogP) is 4.76. The van der Waals surface area contributed by atoms with Gasteiger partial charge in [-0.05, 0) is 42.9 Å². The summed E-state index contributed by atoms with van der Waals surface area (Å²) in [6, 6.07) is 8.61. The third-order valence-electron chi connectivity index (χ3n) is 6.06. The second-order valence-electron chi connectivity index (χ2n) is 8.26. The van der Waals surface area contributed by atoms with Gasteiger partial charge in [0.15, 0.2) is 5.15 Å². The molecule has 0 radical (unpaired) electrons. The van der Waals surface area contributed by atoms with Gasteiger partial charge in [0.1, 0.15) is 12.3 Å². The molecule has 0 amide bonds. The molecule has 12 heteroatoms. The van der Waals surface area contributed by atoms with Gasteiger partial charge in [0.25, 0.3) is 6.43 Å². The van der Waals surface area contributed by atoms with E-state index in [2.05, 4.69) is 30.5 Å². The Labute approximate surface area is 198 Å². The van der Waals surface area contributed by atoms with Gasteiger partial charge in [-0.25, -0.2) is 13.5 Å². The lowest BCUT2D eigenvalue weighted by Crippen LogP contribution is -2.48.